The Balaban J connectivity index is 0.00000264. The molecule has 0 aromatic heterocycles. The Morgan fingerprint density at radius 1 is 1.43 bits per heavy atom. The summed E-state index contributed by atoms with van der Waals surface area (Å²) in [7, 11) is -3.61. The minimum absolute atomic E-state index is 0. The number of sulfonamides is 1. The molecule has 1 saturated heterocycles. The Hall–Kier alpha value is -1.42. The molecule has 0 bridgehead atoms. The number of nitrogens with two attached hydrogens (primary N) is 1. The van der Waals surface area contributed by atoms with E-state index < -0.39 is 21.9 Å². The number of rotatable bonds is 5. The van der Waals surface area contributed by atoms with Crippen molar-refractivity contribution in [3.05, 3.63) is 24.0 Å². The molecule has 23 heavy (non-hydrogen) atoms. The first-order chi connectivity index (χ1) is 10.3. The van der Waals surface area contributed by atoms with E-state index in [-0.39, 0.29) is 35.8 Å². The van der Waals surface area contributed by atoms with Crippen LogP contribution in [-0.2, 0) is 19.6 Å². The SMILES string of the molecule is CS(=O)(=O)Nc1cc(NC(=O)[C@@H]2CC[C@H](CN)O2)ccc1F.Cl. The summed E-state index contributed by atoms with van der Waals surface area (Å²) in [6.45, 7) is 0.350. The molecule has 130 valence electrons. The number of ether oxygens (including phenoxy) is 1. The molecule has 0 unspecified atom stereocenters. The van der Waals surface area contributed by atoms with Crippen molar-refractivity contribution < 1.29 is 22.3 Å². The van der Waals surface area contributed by atoms with Gasteiger partial charge in [0.05, 0.1) is 18.0 Å². The number of carbonyl (C=O) groups excluding carboxylic acids is 1. The number of benzene rings is 1. The lowest BCUT2D eigenvalue weighted by atomic mass is 10.2. The molecule has 1 heterocycles. The standard InChI is InChI=1S/C13H18FN3O4S.ClH/c1-22(19,20)17-11-6-8(2-4-10(11)14)16-13(18)12-5-3-9(7-15)21-12;/h2,4,6,9,12,17H,3,5,7,15H2,1H3,(H,16,18);1H/t9-,12+;/m1./s1. The van der Waals surface area contributed by atoms with Crippen molar-refractivity contribution in [2.24, 2.45) is 5.73 Å². The molecular formula is C13H19ClFN3O4S. The van der Waals surface area contributed by atoms with Crippen molar-refractivity contribution in [2.45, 2.75) is 25.0 Å². The van der Waals surface area contributed by atoms with Crippen LogP contribution >= 0.6 is 12.4 Å². The predicted octanol–water partition coefficient (Wildman–Crippen LogP) is 1.06. The van der Waals surface area contributed by atoms with E-state index in [0.29, 0.717) is 19.4 Å². The third-order valence-electron chi connectivity index (χ3n) is 3.19. The van der Waals surface area contributed by atoms with Crippen molar-refractivity contribution in [1.82, 2.24) is 0 Å². The van der Waals surface area contributed by atoms with Crippen molar-refractivity contribution in [3.63, 3.8) is 0 Å². The molecule has 4 N–H and O–H groups in total. The maximum absolute atomic E-state index is 13.6. The molecular weight excluding hydrogens is 349 g/mol. The highest BCUT2D eigenvalue weighted by Gasteiger charge is 2.29. The van der Waals surface area contributed by atoms with Crippen LogP contribution in [0, 0.1) is 5.82 Å². The van der Waals surface area contributed by atoms with Gasteiger partial charge < -0.3 is 15.8 Å². The first kappa shape index (κ1) is 19.6. The van der Waals surface area contributed by atoms with Gasteiger partial charge in [-0.25, -0.2) is 12.8 Å². The van der Waals surface area contributed by atoms with Gasteiger partial charge in [0.15, 0.2) is 0 Å². The lowest BCUT2D eigenvalue weighted by molar-refractivity contribution is -0.126. The first-order valence-electron chi connectivity index (χ1n) is 6.72. The molecule has 1 aromatic rings. The average Bonchev–Trinajstić information content (AvgIpc) is 2.90. The maximum Gasteiger partial charge on any atom is 0.253 e. The quantitative estimate of drug-likeness (QED) is 0.720. The zero-order valence-corrected chi connectivity index (χ0v) is 14.0. The number of nitrogens with one attached hydrogen (secondary N) is 2. The molecule has 1 amide bonds. The van der Waals surface area contributed by atoms with Crippen molar-refractivity contribution in [3.8, 4) is 0 Å². The fourth-order valence-corrected chi connectivity index (χ4v) is 2.73. The maximum atomic E-state index is 13.6. The highest BCUT2D eigenvalue weighted by Crippen LogP contribution is 2.23. The van der Waals surface area contributed by atoms with Gasteiger partial charge >= 0.3 is 0 Å². The van der Waals surface area contributed by atoms with Crippen molar-refractivity contribution >= 4 is 39.7 Å². The van der Waals surface area contributed by atoms with Gasteiger partial charge in [-0.2, -0.15) is 0 Å². The molecule has 1 aromatic carbocycles. The summed E-state index contributed by atoms with van der Waals surface area (Å²) in [5, 5.41) is 2.58. The highest BCUT2D eigenvalue weighted by molar-refractivity contribution is 7.92. The van der Waals surface area contributed by atoms with Gasteiger partial charge in [-0.3, -0.25) is 9.52 Å². The lowest BCUT2D eigenvalue weighted by Crippen LogP contribution is -2.29. The summed E-state index contributed by atoms with van der Waals surface area (Å²) in [6, 6.07) is 3.63. The Morgan fingerprint density at radius 3 is 2.70 bits per heavy atom. The summed E-state index contributed by atoms with van der Waals surface area (Å²) < 4.78 is 43.4. The predicted molar refractivity (Wildman–Crippen MR) is 87.7 cm³/mol. The highest BCUT2D eigenvalue weighted by atomic mass is 35.5. The van der Waals surface area contributed by atoms with E-state index in [2.05, 4.69) is 5.32 Å². The van der Waals surface area contributed by atoms with E-state index in [9.17, 15) is 17.6 Å². The second kappa shape index (κ2) is 7.91. The largest absolute Gasteiger partial charge is 0.364 e. The number of amides is 1. The van der Waals surface area contributed by atoms with Crippen LogP contribution in [0.5, 0.6) is 0 Å². The molecule has 1 aliphatic heterocycles. The molecule has 2 rings (SSSR count). The fourth-order valence-electron chi connectivity index (χ4n) is 2.18. The number of anilines is 2. The Kier molecular flexibility index (Phi) is 6.75. The third-order valence-corrected chi connectivity index (χ3v) is 3.78. The summed E-state index contributed by atoms with van der Waals surface area (Å²) in [6.07, 6.45) is 1.44. The van der Waals surface area contributed by atoms with Gasteiger partial charge in [0, 0.05) is 12.2 Å². The Labute approximate surface area is 140 Å². The van der Waals surface area contributed by atoms with Crippen LogP contribution in [-0.4, -0.2) is 39.3 Å². The molecule has 0 radical (unpaired) electrons. The van der Waals surface area contributed by atoms with Crippen molar-refractivity contribution in [1.29, 1.82) is 0 Å². The van der Waals surface area contributed by atoms with Crippen LogP contribution < -0.4 is 15.8 Å². The topological polar surface area (TPSA) is 111 Å². The van der Waals surface area contributed by atoms with Crippen LogP contribution in [0.1, 0.15) is 12.8 Å². The minimum atomic E-state index is -3.61. The number of hydrogen-bond acceptors (Lipinski definition) is 5. The second-order valence-electron chi connectivity index (χ2n) is 5.12. The Bertz CT molecular complexity index is 671. The normalized spacial score (nSPS) is 20.7. The molecule has 0 spiro atoms. The summed E-state index contributed by atoms with van der Waals surface area (Å²) in [5.41, 5.74) is 5.53. The molecule has 2 atom stereocenters. The molecule has 0 saturated carbocycles. The van der Waals surface area contributed by atoms with E-state index >= 15 is 0 Å². The lowest BCUT2D eigenvalue weighted by Gasteiger charge is -2.14. The monoisotopic (exact) mass is 367 g/mol. The molecule has 1 fully saturated rings. The summed E-state index contributed by atoms with van der Waals surface area (Å²) in [5.74, 6) is -1.10. The average molecular weight is 368 g/mol. The van der Waals surface area contributed by atoms with E-state index in [1.807, 2.05) is 4.72 Å². The van der Waals surface area contributed by atoms with E-state index in [4.69, 9.17) is 10.5 Å². The zero-order valence-electron chi connectivity index (χ0n) is 12.4. The van der Waals surface area contributed by atoms with Gasteiger partial charge in [-0.05, 0) is 31.0 Å². The molecule has 7 nitrogen and oxygen atoms in total. The van der Waals surface area contributed by atoms with E-state index in [1.54, 1.807) is 0 Å². The van der Waals surface area contributed by atoms with Gasteiger partial charge in [0.1, 0.15) is 11.9 Å². The number of hydrogen-bond donors (Lipinski definition) is 3. The smallest absolute Gasteiger partial charge is 0.253 e. The van der Waals surface area contributed by atoms with E-state index in [0.717, 1.165) is 12.3 Å². The zero-order chi connectivity index (χ0) is 16.3. The number of halogens is 2. The van der Waals surface area contributed by atoms with Crippen molar-refractivity contribution in [2.75, 3.05) is 22.8 Å². The Morgan fingerprint density at radius 2 is 2.13 bits per heavy atom. The van der Waals surface area contributed by atoms with Crippen LogP contribution in [0.3, 0.4) is 0 Å². The van der Waals surface area contributed by atoms with Gasteiger partial charge in [-0.15, -0.1) is 12.4 Å². The minimum Gasteiger partial charge on any atom is -0.364 e. The van der Waals surface area contributed by atoms with Gasteiger partial charge in [-0.1, -0.05) is 0 Å². The molecule has 10 heteroatoms. The first-order valence-corrected chi connectivity index (χ1v) is 8.61. The third kappa shape index (κ3) is 5.61. The van der Waals surface area contributed by atoms with E-state index in [1.165, 1.54) is 12.1 Å². The molecule has 1 aliphatic rings. The summed E-state index contributed by atoms with van der Waals surface area (Å²) in [4.78, 5) is 12.0. The van der Waals surface area contributed by atoms with Crippen LogP contribution in [0.25, 0.3) is 0 Å². The second-order valence-corrected chi connectivity index (χ2v) is 6.87. The molecule has 0 aliphatic carbocycles. The number of carbonyl (C=O) groups is 1. The summed E-state index contributed by atoms with van der Waals surface area (Å²) >= 11 is 0. The van der Waals surface area contributed by atoms with Crippen LogP contribution in [0.15, 0.2) is 18.2 Å². The van der Waals surface area contributed by atoms with Gasteiger partial charge in [0.2, 0.25) is 10.0 Å². The fraction of sp³-hybridized carbons (Fsp3) is 0.462. The van der Waals surface area contributed by atoms with Crippen LogP contribution in [0.4, 0.5) is 15.8 Å². The van der Waals surface area contributed by atoms with Gasteiger partial charge in [0.25, 0.3) is 5.91 Å². The van der Waals surface area contributed by atoms with Crippen LogP contribution in [0.2, 0.25) is 0 Å².